The van der Waals surface area contributed by atoms with Crippen molar-refractivity contribution in [3.63, 3.8) is 0 Å². The van der Waals surface area contributed by atoms with Crippen LogP contribution in [0.4, 0.5) is 0 Å². The van der Waals surface area contributed by atoms with Gasteiger partial charge in [0, 0.05) is 13.0 Å². The van der Waals surface area contributed by atoms with Crippen molar-refractivity contribution in [2.75, 3.05) is 6.61 Å². The summed E-state index contributed by atoms with van der Waals surface area (Å²) in [6.07, 6.45) is 10.6. The van der Waals surface area contributed by atoms with Gasteiger partial charge in [-0.3, -0.25) is 0 Å². The van der Waals surface area contributed by atoms with Crippen LogP contribution in [0.25, 0.3) is 0 Å². The molecule has 0 radical (unpaired) electrons. The lowest BCUT2D eigenvalue weighted by molar-refractivity contribution is 0.0277. The first kappa shape index (κ1) is 26.9. The molecule has 1 aromatic rings. The predicted molar refractivity (Wildman–Crippen MR) is 141 cm³/mol. The Morgan fingerprint density at radius 2 is 1.88 bits per heavy atom. The molecule has 4 rings (SSSR count). The van der Waals surface area contributed by atoms with Gasteiger partial charge in [0.05, 0.1) is 18.8 Å². The Labute approximate surface area is 207 Å². The number of allylic oxidation sites excluding steroid dienone is 3. The molecule has 3 nitrogen and oxygen atoms in total. The molecule has 2 N–H and O–H groups in total. The topological polar surface area (TPSA) is 49.7 Å². The summed E-state index contributed by atoms with van der Waals surface area (Å²) in [4.78, 5) is 0. The molecule has 3 saturated carbocycles. The maximum Gasteiger partial charge on any atom is 0.0811 e. The molecule has 188 valence electrons. The Balaban J connectivity index is 0.00000158. The van der Waals surface area contributed by atoms with E-state index in [0.29, 0.717) is 42.6 Å². The minimum absolute atomic E-state index is 0.334. The quantitative estimate of drug-likeness (QED) is 0.474. The standard InChI is InChI=1S/C29H40O3.C2H6/c1-20(18-32-19-22-8-5-4-6-9-22)26-13-14-27-23(10-7-15-29(26,27)3)11-12-24-16-25(30)17-28(31)21(24)2;1-2/h4-6,8-9,11-12,20,25-28,30-31H,2,7,10,13-19H2,1,3H3;1-2H3/b23-11+,24-12-;/t20-,25-,26-,27+,28?,29?;/m1./s1. The highest BCUT2D eigenvalue weighted by Crippen LogP contribution is 2.59. The van der Waals surface area contributed by atoms with Crippen LogP contribution in [-0.4, -0.2) is 29.0 Å². The molecule has 0 saturated heterocycles. The maximum atomic E-state index is 10.2. The van der Waals surface area contributed by atoms with Gasteiger partial charge in [0.1, 0.15) is 0 Å². The van der Waals surface area contributed by atoms with Crippen molar-refractivity contribution in [2.45, 2.75) is 91.5 Å². The van der Waals surface area contributed by atoms with Gasteiger partial charge >= 0.3 is 0 Å². The van der Waals surface area contributed by atoms with E-state index in [2.05, 4.69) is 56.8 Å². The van der Waals surface area contributed by atoms with Gasteiger partial charge < -0.3 is 14.9 Å². The summed E-state index contributed by atoms with van der Waals surface area (Å²) in [6.45, 7) is 14.5. The Hall–Kier alpha value is -1.68. The third kappa shape index (κ3) is 6.11. The molecule has 0 aliphatic heterocycles. The van der Waals surface area contributed by atoms with Crippen LogP contribution in [-0.2, 0) is 11.3 Å². The van der Waals surface area contributed by atoms with E-state index in [1.807, 2.05) is 19.9 Å². The maximum absolute atomic E-state index is 10.2. The van der Waals surface area contributed by atoms with Gasteiger partial charge in [-0.05, 0) is 78.4 Å². The van der Waals surface area contributed by atoms with Crippen molar-refractivity contribution in [3.05, 3.63) is 71.3 Å². The van der Waals surface area contributed by atoms with Gasteiger partial charge in [-0.15, -0.1) is 0 Å². The smallest absolute Gasteiger partial charge is 0.0811 e. The average molecular weight is 467 g/mol. The Morgan fingerprint density at radius 1 is 1.15 bits per heavy atom. The van der Waals surface area contributed by atoms with E-state index >= 15 is 0 Å². The largest absolute Gasteiger partial charge is 0.393 e. The second-order valence-corrected chi connectivity index (χ2v) is 10.6. The molecule has 0 heterocycles. The van der Waals surface area contributed by atoms with Crippen LogP contribution in [0.2, 0.25) is 0 Å². The first-order valence-electron chi connectivity index (χ1n) is 13.4. The lowest BCUT2D eigenvalue weighted by atomic mass is 9.61. The van der Waals surface area contributed by atoms with E-state index in [0.717, 1.165) is 24.2 Å². The van der Waals surface area contributed by atoms with Gasteiger partial charge in [0.2, 0.25) is 0 Å². The van der Waals surface area contributed by atoms with Crippen LogP contribution in [0, 0.1) is 23.2 Å². The van der Waals surface area contributed by atoms with Crippen molar-refractivity contribution < 1.29 is 14.9 Å². The summed E-state index contributed by atoms with van der Waals surface area (Å²) in [7, 11) is 0. The van der Waals surface area contributed by atoms with Gasteiger partial charge in [0.25, 0.3) is 0 Å². The molecule has 0 aromatic heterocycles. The minimum Gasteiger partial charge on any atom is -0.393 e. The van der Waals surface area contributed by atoms with Crippen LogP contribution in [0.5, 0.6) is 0 Å². The molecule has 3 heteroatoms. The van der Waals surface area contributed by atoms with E-state index < -0.39 is 12.2 Å². The third-order valence-corrected chi connectivity index (χ3v) is 8.48. The monoisotopic (exact) mass is 466 g/mol. The predicted octanol–water partition coefficient (Wildman–Crippen LogP) is 7.01. The van der Waals surface area contributed by atoms with E-state index in [4.69, 9.17) is 4.74 Å². The fourth-order valence-electron chi connectivity index (χ4n) is 6.73. The number of aliphatic hydroxyl groups excluding tert-OH is 2. The van der Waals surface area contributed by atoms with Gasteiger partial charge in [-0.2, -0.15) is 0 Å². The third-order valence-electron chi connectivity index (χ3n) is 8.48. The number of benzene rings is 1. The lowest BCUT2D eigenvalue weighted by Crippen LogP contribution is -2.37. The molecule has 3 aliphatic rings. The molecule has 2 unspecified atom stereocenters. The molecule has 3 aliphatic carbocycles. The van der Waals surface area contributed by atoms with E-state index in [-0.39, 0.29) is 0 Å². The molecule has 6 atom stereocenters. The molecule has 1 aromatic carbocycles. The SMILES string of the molecule is C=C1/C(=C\C=C2/CCCC3(C)[C@@H]([C@H](C)COCc4ccccc4)CC[C@@H]23)C[C@@H](O)CC1O.CC. The first-order valence-corrected chi connectivity index (χ1v) is 13.4. The number of hydrogen-bond acceptors (Lipinski definition) is 3. The summed E-state index contributed by atoms with van der Waals surface area (Å²) in [5, 5.41) is 20.2. The summed E-state index contributed by atoms with van der Waals surface area (Å²) >= 11 is 0. The first-order chi connectivity index (χ1) is 16.4. The van der Waals surface area contributed by atoms with Crippen molar-refractivity contribution in [1.29, 1.82) is 0 Å². The molecule has 0 bridgehead atoms. The van der Waals surface area contributed by atoms with Crippen LogP contribution < -0.4 is 0 Å². The Kier molecular flexibility index (Phi) is 9.76. The zero-order valence-corrected chi connectivity index (χ0v) is 21.8. The van der Waals surface area contributed by atoms with Gasteiger partial charge in [0.15, 0.2) is 0 Å². The zero-order chi connectivity index (χ0) is 24.7. The molecule has 34 heavy (non-hydrogen) atoms. The summed E-state index contributed by atoms with van der Waals surface area (Å²) in [6, 6.07) is 10.4. The summed E-state index contributed by atoms with van der Waals surface area (Å²) in [5.74, 6) is 1.86. The average Bonchev–Trinajstić information content (AvgIpc) is 3.20. The number of hydrogen-bond donors (Lipinski definition) is 2. The van der Waals surface area contributed by atoms with Crippen molar-refractivity contribution >= 4 is 0 Å². The van der Waals surface area contributed by atoms with E-state index in [1.54, 1.807) is 5.57 Å². The minimum atomic E-state index is -0.618. The summed E-state index contributed by atoms with van der Waals surface area (Å²) < 4.78 is 6.12. The fraction of sp³-hybridized carbons (Fsp3) is 0.613. The molecule has 0 spiro atoms. The number of fused-ring (bicyclic) bond motifs is 1. The molecular weight excluding hydrogens is 420 g/mol. The second kappa shape index (κ2) is 12.3. The van der Waals surface area contributed by atoms with Crippen LogP contribution in [0.3, 0.4) is 0 Å². The van der Waals surface area contributed by atoms with Crippen molar-refractivity contribution in [2.24, 2.45) is 23.2 Å². The number of rotatable bonds is 6. The van der Waals surface area contributed by atoms with Crippen molar-refractivity contribution in [3.8, 4) is 0 Å². The normalized spacial score (nSPS) is 34.5. The Bertz CT molecular complexity index is 855. The summed E-state index contributed by atoms with van der Waals surface area (Å²) in [5.41, 5.74) is 4.91. The molecule has 3 fully saturated rings. The van der Waals surface area contributed by atoms with E-state index in [9.17, 15) is 10.2 Å². The molecular formula is C31H46O3. The van der Waals surface area contributed by atoms with Crippen molar-refractivity contribution in [1.82, 2.24) is 0 Å². The Morgan fingerprint density at radius 3 is 2.62 bits per heavy atom. The number of aliphatic hydroxyl groups is 2. The zero-order valence-electron chi connectivity index (χ0n) is 21.8. The van der Waals surface area contributed by atoms with Gasteiger partial charge in [-0.1, -0.05) is 82.3 Å². The highest BCUT2D eigenvalue weighted by atomic mass is 16.5. The van der Waals surface area contributed by atoms with Crippen LogP contribution in [0.15, 0.2) is 65.8 Å². The lowest BCUT2D eigenvalue weighted by Gasteiger charge is -2.44. The highest BCUT2D eigenvalue weighted by molar-refractivity contribution is 5.38. The second-order valence-electron chi connectivity index (χ2n) is 10.6. The number of ether oxygens (including phenoxy) is 1. The van der Waals surface area contributed by atoms with Gasteiger partial charge in [-0.25, -0.2) is 0 Å². The van der Waals surface area contributed by atoms with E-state index in [1.165, 1.54) is 31.2 Å². The van der Waals surface area contributed by atoms with Crippen LogP contribution in [0.1, 0.15) is 78.2 Å². The molecule has 0 amide bonds. The fourth-order valence-corrected chi connectivity index (χ4v) is 6.73. The van der Waals surface area contributed by atoms with Crippen LogP contribution >= 0.6 is 0 Å². The highest BCUT2D eigenvalue weighted by Gasteiger charge is 2.50.